The molecule has 2 aromatic heterocycles. The summed E-state index contributed by atoms with van der Waals surface area (Å²) in [5.74, 6) is -0.268. The third kappa shape index (κ3) is 2.52. The molecule has 2 fully saturated rings. The second-order valence-electron chi connectivity index (χ2n) is 6.08. The van der Waals surface area contributed by atoms with E-state index in [-0.39, 0.29) is 27.9 Å². The van der Waals surface area contributed by atoms with Crippen LogP contribution in [0.4, 0.5) is 14.6 Å². The SMILES string of the molecule is Fc1c(Cl)ncc2c(N3CCCCCC4C(F)C43)nc(Cl)nc12. The highest BCUT2D eigenvalue weighted by atomic mass is 35.5. The first kappa shape index (κ1) is 15.3. The molecule has 4 nitrogen and oxygen atoms in total. The summed E-state index contributed by atoms with van der Waals surface area (Å²) in [4.78, 5) is 13.9. The normalized spacial score (nSPS) is 27.5. The number of hydrogen-bond donors (Lipinski definition) is 0. The van der Waals surface area contributed by atoms with E-state index in [1.807, 2.05) is 4.90 Å². The third-order valence-electron chi connectivity index (χ3n) is 4.70. The van der Waals surface area contributed by atoms with Crippen LogP contribution < -0.4 is 4.90 Å². The molecule has 0 amide bonds. The highest BCUT2D eigenvalue weighted by molar-refractivity contribution is 6.30. The van der Waals surface area contributed by atoms with Crippen molar-refractivity contribution in [2.45, 2.75) is 37.9 Å². The Bertz CT molecular complexity index is 773. The zero-order chi connectivity index (χ0) is 16.1. The average Bonchev–Trinajstić information content (AvgIpc) is 3.11. The summed E-state index contributed by atoms with van der Waals surface area (Å²) in [5, 5.41) is 0.0663. The Hall–Kier alpha value is -1.27. The third-order valence-corrected chi connectivity index (χ3v) is 5.13. The molecule has 3 heterocycles. The molecule has 8 heteroatoms. The highest BCUT2D eigenvalue weighted by Gasteiger charge is 2.55. The molecular formula is C15H14Cl2F2N4. The number of aromatic nitrogens is 3. The summed E-state index contributed by atoms with van der Waals surface area (Å²) >= 11 is 11.7. The van der Waals surface area contributed by atoms with Crippen LogP contribution in [0.3, 0.4) is 0 Å². The van der Waals surface area contributed by atoms with Gasteiger partial charge in [0.05, 0.1) is 11.4 Å². The second kappa shape index (κ2) is 5.67. The topological polar surface area (TPSA) is 41.9 Å². The van der Waals surface area contributed by atoms with Gasteiger partial charge < -0.3 is 4.90 Å². The molecule has 0 spiro atoms. The molecule has 2 aromatic rings. The lowest BCUT2D eigenvalue weighted by molar-refractivity contribution is 0.430. The fourth-order valence-electron chi connectivity index (χ4n) is 3.49. The van der Waals surface area contributed by atoms with Gasteiger partial charge >= 0.3 is 0 Å². The predicted octanol–water partition coefficient (Wildman–Crippen LogP) is 4.19. The van der Waals surface area contributed by atoms with Gasteiger partial charge in [0, 0.05) is 18.7 Å². The molecule has 0 aromatic carbocycles. The molecule has 1 aliphatic carbocycles. The van der Waals surface area contributed by atoms with Crippen molar-refractivity contribution < 1.29 is 8.78 Å². The van der Waals surface area contributed by atoms with E-state index in [9.17, 15) is 8.78 Å². The molecule has 23 heavy (non-hydrogen) atoms. The average molecular weight is 359 g/mol. The molecular weight excluding hydrogens is 345 g/mol. The van der Waals surface area contributed by atoms with Gasteiger partial charge in [-0.15, -0.1) is 0 Å². The largest absolute Gasteiger partial charge is 0.350 e. The number of fused-ring (bicyclic) bond motifs is 2. The first-order valence-electron chi connectivity index (χ1n) is 7.66. The minimum Gasteiger partial charge on any atom is -0.350 e. The Kier molecular flexibility index (Phi) is 3.76. The fraction of sp³-hybridized carbons (Fsp3) is 0.533. The number of pyridine rings is 1. The quantitative estimate of drug-likeness (QED) is 0.566. The molecule has 1 saturated carbocycles. The summed E-state index contributed by atoms with van der Waals surface area (Å²) in [7, 11) is 0. The van der Waals surface area contributed by atoms with Gasteiger partial charge in [0.15, 0.2) is 11.0 Å². The van der Waals surface area contributed by atoms with Gasteiger partial charge in [-0.05, 0) is 24.4 Å². The lowest BCUT2D eigenvalue weighted by atomic mass is 10.1. The highest BCUT2D eigenvalue weighted by Crippen LogP contribution is 2.46. The molecule has 0 N–H and O–H groups in total. The van der Waals surface area contributed by atoms with Crippen molar-refractivity contribution in [2.24, 2.45) is 5.92 Å². The van der Waals surface area contributed by atoms with E-state index in [0.29, 0.717) is 17.7 Å². The van der Waals surface area contributed by atoms with Crippen LogP contribution in [0.25, 0.3) is 10.9 Å². The van der Waals surface area contributed by atoms with Crippen LogP contribution in [-0.2, 0) is 0 Å². The standard InChI is InChI=1S/C15H14Cl2F2N4/c16-13-10(19)11-8(6-20-13)14(22-15(17)21-11)23-5-3-1-2-4-7-9(18)12(7)23/h6-7,9,12H,1-5H2. The Morgan fingerprint density at radius 2 is 2.00 bits per heavy atom. The zero-order valence-electron chi connectivity index (χ0n) is 12.1. The zero-order valence-corrected chi connectivity index (χ0v) is 13.7. The summed E-state index contributed by atoms with van der Waals surface area (Å²) in [5.41, 5.74) is 0.0228. The fourth-order valence-corrected chi connectivity index (χ4v) is 3.80. The number of hydrogen-bond acceptors (Lipinski definition) is 4. The molecule has 2 aliphatic rings. The van der Waals surface area contributed by atoms with Crippen LogP contribution in [0.2, 0.25) is 10.4 Å². The van der Waals surface area contributed by atoms with Gasteiger partial charge in [-0.3, -0.25) is 0 Å². The van der Waals surface area contributed by atoms with Crippen molar-refractivity contribution in [3.8, 4) is 0 Å². The smallest absolute Gasteiger partial charge is 0.225 e. The van der Waals surface area contributed by atoms with Crippen LogP contribution >= 0.6 is 23.2 Å². The van der Waals surface area contributed by atoms with Crippen molar-refractivity contribution in [3.63, 3.8) is 0 Å². The number of halogens is 4. The first-order valence-corrected chi connectivity index (χ1v) is 8.41. The molecule has 0 radical (unpaired) electrons. The number of nitrogens with zero attached hydrogens (tertiary/aromatic N) is 4. The molecule has 3 unspecified atom stereocenters. The molecule has 1 saturated heterocycles. The Labute approximate surface area is 141 Å². The van der Waals surface area contributed by atoms with Gasteiger partial charge in [0.25, 0.3) is 0 Å². The first-order chi connectivity index (χ1) is 11.1. The maximum atomic E-state index is 14.2. The molecule has 1 aliphatic heterocycles. The summed E-state index contributed by atoms with van der Waals surface area (Å²) < 4.78 is 28.4. The van der Waals surface area contributed by atoms with Crippen LogP contribution in [0.5, 0.6) is 0 Å². The van der Waals surface area contributed by atoms with Gasteiger partial charge in [0.2, 0.25) is 5.28 Å². The van der Waals surface area contributed by atoms with Crippen molar-refractivity contribution in [2.75, 3.05) is 11.4 Å². The van der Waals surface area contributed by atoms with Gasteiger partial charge in [0.1, 0.15) is 17.5 Å². The Morgan fingerprint density at radius 1 is 1.17 bits per heavy atom. The minimum atomic E-state index is -0.873. The van der Waals surface area contributed by atoms with Crippen LogP contribution in [0.1, 0.15) is 25.7 Å². The molecule has 4 rings (SSSR count). The van der Waals surface area contributed by atoms with Crippen molar-refractivity contribution in [1.29, 1.82) is 0 Å². The van der Waals surface area contributed by atoms with Crippen LogP contribution in [0.15, 0.2) is 6.20 Å². The van der Waals surface area contributed by atoms with Crippen molar-refractivity contribution >= 4 is 39.9 Å². The lowest BCUT2D eigenvalue weighted by Crippen LogP contribution is -2.31. The van der Waals surface area contributed by atoms with Crippen molar-refractivity contribution in [3.05, 3.63) is 22.5 Å². The maximum absolute atomic E-state index is 14.2. The van der Waals surface area contributed by atoms with Gasteiger partial charge in [-0.2, -0.15) is 4.98 Å². The number of rotatable bonds is 1. The molecule has 0 bridgehead atoms. The summed E-state index contributed by atoms with van der Waals surface area (Å²) in [6, 6.07) is -0.219. The van der Waals surface area contributed by atoms with E-state index in [1.165, 1.54) is 6.20 Å². The van der Waals surface area contributed by atoms with E-state index in [0.717, 1.165) is 25.7 Å². The Balaban J connectivity index is 1.86. The van der Waals surface area contributed by atoms with E-state index < -0.39 is 12.0 Å². The molecule has 3 atom stereocenters. The van der Waals surface area contributed by atoms with Gasteiger partial charge in [-0.1, -0.05) is 24.4 Å². The van der Waals surface area contributed by atoms with E-state index in [2.05, 4.69) is 15.0 Å². The second-order valence-corrected chi connectivity index (χ2v) is 6.78. The van der Waals surface area contributed by atoms with E-state index >= 15 is 0 Å². The number of anilines is 1. The van der Waals surface area contributed by atoms with Gasteiger partial charge in [-0.25, -0.2) is 18.7 Å². The maximum Gasteiger partial charge on any atom is 0.225 e. The summed E-state index contributed by atoms with van der Waals surface area (Å²) in [6.07, 6.45) is 4.45. The van der Waals surface area contributed by atoms with Crippen molar-refractivity contribution in [1.82, 2.24) is 15.0 Å². The summed E-state index contributed by atoms with van der Waals surface area (Å²) in [6.45, 7) is 0.661. The van der Waals surface area contributed by atoms with Crippen LogP contribution in [-0.4, -0.2) is 33.7 Å². The van der Waals surface area contributed by atoms with E-state index in [1.54, 1.807) is 0 Å². The van der Waals surface area contributed by atoms with E-state index in [4.69, 9.17) is 23.2 Å². The van der Waals surface area contributed by atoms with Crippen LogP contribution in [0, 0.1) is 11.7 Å². The number of alkyl halides is 1. The monoisotopic (exact) mass is 358 g/mol. The molecule has 122 valence electrons. The minimum absolute atomic E-state index is 0.0178. The Morgan fingerprint density at radius 3 is 2.83 bits per heavy atom. The predicted molar refractivity (Wildman–Crippen MR) is 85.3 cm³/mol. The lowest BCUT2D eigenvalue weighted by Gasteiger charge is -2.26.